The highest BCUT2D eigenvalue weighted by atomic mass is 16.2. The first-order valence-corrected chi connectivity index (χ1v) is 8.30. The number of rotatable bonds is 6. The maximum Gasteiger partial charge on any atom is 0.271 e. The normalized spacial score (nSPS) is 12.0. The Morgan fingerprint density at radius 1 is 1.20 bits per heavy atom. The Bertz CT molecular complexity index is 764. The molecule has 5 nitrogen and oxygen atoms in total. The zero-order valence-corrected chi connectivity index (χ0v) is 15.2. The van der Waals surface area contributed by atoms with Crippen LogP contribution in [0.15, 0.2) is 66.3 Å². The number of carbonyl (C=O) groups is 1. The molecule has 0 radical (unpaired) electrons. The fourth-order valence-electron chi connectivity index (χ4n) is 2.32. The minimum absolute atomic E-state index is 0.169. The Morgan fingerprint density at radius 3 is 2.52 bits per heavy atom. The van der Waals surface area contributed by atoms with Crippen molar-refractivity contribution in [1.29, 1.82) is 0 Å². The van der Waals surface area contributed by atoms with Gasteiger partial charge in [0.15, 0.2) is 0 Å². The SMILES string of the molecule is C/C=C(/C(=O)Nc1ccc(-c2ccccn2)nc1)N(C)C=C(C)CC. The van der Waals surface area contributed by atoms with Crippen molar-refractivity contribution in [2.24, 2.45) is 0 Å². The molecule has 0 aromatic carbocycles. The molecule has 2 rings (SSSR count). The lowest BCUT2D eigenvalue weighted by Crippen LogP contribution is -2.24. The fraction of sp³-hybridized carbons (Fsp3) is 0.250. The number of hydrogen-bond donors (Lipinski definition) is 1. The van der Waals surface area contributed by atoms with E-state index in [0.717, 1.165) is 17.8 Å². The molecule has 2 aromatic rings. The van der Waals surface area contributed by atoms with E-state index in [2.05, 4.69) is 22.2 Å². The van der Waals surface area contributed by atoms with Crippen molar-refractivity contribution in [3.05, 3.63) is 66.3 Å². The molecule has 0 aliphatic carbocycles. The van der Waals surface area contributed by atoms with Crippen LogP contribution in [-0.2, 0) is 4.79 Å². The quantitative estimate of drug-likeness (QED) is 0.802. The van der Waals surface area contributed by atoms with Crippen molar-refractivity contribution < 1.29 is 4.79 Å². The predicted octanol–water partition coefficient (Wildman–Crippen LogP) is 4.23. The van der Waals surface area contributed by atoms with Crippen LogP contribution in [0.3, 0.4) is 0 Å². The van der Waals surface area contributed by atoms with E-state index in [-0.39, 0.29) is 5.91 Å². The van der Waals surface area contributed by atoms with Crippen molar-refractivity contribution in [1.82, 2.24) is 14.9 Å². The summed E-state index contributed by atoms with van der Waals surface area (Å²) in [5.41, 5.74) is 4.00. The maximum atomic E-state index is 12.5. The third kappa shape index (κ3) is 5.01. The van der Waals surface area contributed by atoms with Crippen LogP contribution in [0.2, 0.25) is 0 Å². The Kier molecular flexibility index (Phi) is 6.46. The summed E-state index contributed by atoms with van der Waals surface area (Å²) < 4.78 is 0. The average molecular weight is 336 g/mol. The van der Waals surface area contributed by atoms with Crippen LogP contribution in [0.5, 0.6) is 0 Å². The summed E-state index contributed by atoms with van der Waals surface area (Å²) in [5, 5.41) is 2.88. The van der Waals surface area contributed by atoms with E-state index in [1.165, 1.54) is 5.57 Å². The standard InChI is InChI=1S/C20H24N4O/c1-5-15(3)14-24(4)19(6-2)20(25)23-16-10-11-18(22-13-16)17-9-7-8-12-21-17/h6-14H,5H2,1-4H3,(H,23,25)/b15-14?,19-6-. The van der Waals surface area contributed by atoms with Crippen LogP contribution < -0.4 is 5.32 Å². The molecule has 5 heteroatoms. The molecule has 130 valence electrons. The summed E-state index contributed by atoms with van der Waals surface area (Å²) in [5.74, 6) is -0.169. The molecule has 0 atom stereocenters. The summed E-state index contributed by atoms with van der Waals surface area (Å²) in [6, 6.07) is 9.35. The van der Waals surface area contributed by atoms with Gasteiger partial charge in [-0.3, -0.25) is 14.8 Å². The summed E-state index contributed by atoms with van der Waals surface area (Å²) in [7, 11) is 1.87. The predicted molar refractivity (Wildman–Crippen MR) is 102 cm³/mol. The van der Waals surface area contributed by atoms with Gasteiger partial charge in [-0.25, -0.2) is 0 Å². The number of amides is 1. The Hall–Kier alpha value is -2.95. The molecular formula is C20H24N4O. The molecule has 0 bridgehead atoms. The maximum absolute atomic E-state index is 12.5. The van der Waals surface area contributed by atoms with Crippen molar-refractivity contribution in [2.45, 2.75) is 27.2 Å². The summed E-state index contributed by atoms with van der Waals surface area (Å²) >= 11 is 0. The molecule has 0 spiro atoms. The molecule has 0 aliphatic rings. The monoisotopic (exact) mass is 336 g/mol. The number of hydrogen-bond acceptors (Lipinski definition) is 4. The van der Waals surface area contributed by atoms with Gasteiger partial charge in [-0.1, -0.05) is 24.6 Å². The summed E-state index contributed by atoms with van der Waals surface area (Å²) in [4.78, 5) is 23.0. The number of pyridine rings is 2. The van der Waals surface area contributed by atoms with Gasteiger partial charge in [0.1, 0.15) is 5.70 Å². The molecule has 0 saturated heterocycles. The Morgan fingerprint density at radius 2 is 1.96 bits per heavy atom. The molecule has 2 heterocycles. The molecule has 2 aromatic heterocycles. The van der Waals surface area contributed by atoms with E-state index in [1.54, 1.807) is 18.5 Å². The lowest BCUT2D eigenvalue weighted by Gasteiger charge is -2.19. The van der Waals surface area contributed by atoms with E-state index >= 15 is 0 Å². The third-order valence-electron chi connectivity index (χ3n) is 3.81. The van der Waals surface area contributed by atoms with Gasteiger partial charge < -0.3 is 10.2 Å². The number of allylic oxidation sites excluding steroid dienone is 2. The van der Waals surface area contributed by atoms with Gasteiger partial charge in [-0.15, -0.1) is 0 Å². The van der Waals surface area contributed by atoms with Crippen LogP contribution in [0.4, 0.5) is 5.69 Å². The lowest BCUT2D eigenvalue weighted by molar-refractivity contribution is -0.113. The minimum Gasteiger partial charge on any atom is -0.347 e. The zero-order valence-electron chi connectivity index (χ0n) is 15.2. The van der Waals surface area contributed by atoms with E-state index in [0.29, 0.717) is 11.4 Å². The molecule has 0 saturated carbocycles. The second-order valence-electron chi connectivity index (χ2n) is 5.72. The summed E-state index contributed by atoms with van der Waals surface area (Å²) in [6.07, 6.45) is 8.08. The van der Waals surface area contributed by atoms with Crippen LogP contribution >= 0.6 is 0 Å². The van der Waals surface area contributed by atoms with Gasteiger partial charge in [0.2, 0.25) is 0 Å². The minimum atomic E-state index is -0.169. The largest absolute Gasteiger partial charge is 0.347 e. The Labute approximate surface area is 149 Å². The van der Waals surface area contributed by atoms with Crippen LogP contribution in [-0.4, -0.2) is 27.8 Å². The molecule has 0 aliphatic heterocycles. The Balaban J connectivity index is 2.09. The second-order valence-corrected chi connectivity index (χ2v) is 5.72. The second kappa shape index (κ2) is 8.78. The highest BCUT2D eigenvalue weighted by Gasteiger charge is 2.13. The van der Waals surface area contributed by atoms with Crippen LogP contribution in [0.1, 0.15) is 27.2 Å². The van der Waals surface area contributed by atoms with Crippen molar-refractivity contribution in [2.75, 3.05) is 12.4 Å². The first kappa shape index (κ1) is 18.4. The number of anilines is 1. The van der Waals surface area contributed by atoms with E-state index in [9.17, 15) is 4.79 Å². The first-order chi connectivity index (χ1) is 12.0. The van der Waals surface area contributed by atoms with Crippen LogP contribution in [0.25, 0.3) is 11.4 Å². The van der Waals surface area contributed by atoms with Crippen LogP contribution in [0, 0.1) is 0 Å². The van der Waals surface area contributed by atoms with Gasteiger partial charge >= 0.3 is 0 Å². The number of nitrogens with zero attached hydrogens (tertiary/aromatic N) is 3. The summed E-state index contributed by atoms with van der Waals surface area (Å²) in [6.45, 7) is 5.98. The van der Waals surface area contributed by atoms with Crippen molar-refractivity contribution in [3.63, 3.8) is 0 Å². The van der Waals surface area contributed by atoms with Crippen molar-refractivity contribution in [3.8, 4) is 11.4 Å². The van der Waals surface area contributed by atoms with E-state index < -0.39 is 0 Å². The number of carbonyl (C=O) groups excluding carboxylic acids is 1. The number of likely N-dealkylation sites (N-methyl/N-ethyl adjacent to an activating group) is 1. The zero-order chi connectivity index (χ0) is 18.2. The van der Waals surface area contributed by atoms with E-state index in [1.807, 2.05) is 62.3 Å². The number of nitrogens with one attached hydrogen (secondary N) is 1. The average Bonchev–Trinajstić information content (AvgIpc) is 2.63. The van der Waals surface area contributed by atoms with Gasteiger partial charge in [0.25, 0.3) is 5.91 Å². The fourth-order valence-corrected chi connectivity index (χ4v) is 2.32. The molecule has 25 heavy (non-hydrogen) atoms. The molecule has 1 N–H and O–H groups in total. The van der Waals surface area contributed by atoms with Gasteiger partial charge in [0, 0.05) is 19.4 Å². The topological polar surface area (TPSA) is 58.1 Å². The van der Waals surface area contributed by atoms with Crippen molar-refractivity contribution >= 4 is 11.6 Å². The molecule has 0 fully saturated rings. The molecular weight excluding hydrogens is 312 g/mol. The molecule has 1 amide bonds. The van der Waals surface area contributed by atoms with Gasteiger partial charge in [0.05, 0.1) is 23.3 Å². The first-order valence-electron chi connectivity index (χ1n) is 8.30. The number of aromatic nitrogens is 2. The van der Waals surface area contributed by atoms with Gasteiger partial charge in [-0.05, 0) is 44.5 Å². The smallest absolute Gasteiger partial charge is 0.271 e. The highest BCUT2D eigenvalue weighted by Crippen LogP contribution is 2.17. The highest BCUT2D eigenvalue weighted by molar-refractivity contribution is 6.03. The molecule has 0 unspecified atom stereocenters. The third-order valence-corrected chi connectivity index (χ3v) is 3.81. The van der Waals surface area contributed by atoms with Gasteiger partial charge in [-0.2, -0.15) is 0 Å². The lowest BCUT2D eigenvalue weighted by atomic mass is 10.2. The van der Waals surface area contributed by atoms with E-state index in [4.69, 9.17) is 0 Å².